The maximum absolute atomic E-state index is 5.54. The normalized spacial score (nSPS) is 19.1. The van der Waals surface area contributed by atoms with Crippen LogP contribution in [-0.2, 0) is 16.0 Å². The predicted molar refractivity (Wildman–Crippen MR) is 65.7 cm³/mol. The van der Waals surface area contributed by atoms with Crippen molar-refractivity contribution in [3.8, 4) is 0 Å². The summed E-state index contributed by atoms with van der Waals surface area (Å²) in [6.07, 6.45) is 0.900. The van der Waals surface area contributed by atoms with E-state index >= 15 is 0 Å². The van der Waals surface area contributed by atoms with Crippen LogP contribution in [0.25, 0.3) is 0 Å². The summed E-state index contributed by atoms with van der Waals surface area (Å²) >= 11 is 1.81. The van der Waals surface area contributed by atoms with Gasteiger partial charge in [-0.1, -0.05) is 0 Å². The van der Waals surface area contributed by atoms with Gasteiger partial charge in [-0.3, -0.25) is 0 Å². The molecule has 1 aromatic heterocycles. The van der Waals surface area contributed by atoms with Crippen molar-refractivity contribution in [3.63, 3.8) is 0 Å². The lowest BCUT2D eigenvalue weighted by atomic mass is 10.2. The summed E-state index contributed by atoms with van der Waals surface area (Å²) in [7, 11) is 0. The molecule has 1 aromatic rings. The minimum Gasteiger partial charge on any atom is -0.348 e. The first kappa shape index (κ1) is 12.0. The Hall–Kier alpha value is -0.420. The fourth-order valence-electron chi connectivity index (χ4n) is 1.80. The molecule has 3 nitrogen and oxygen atoms in total. The predicted octanol–water partition coefficient (Wildman–Crippen LogP) is 2.30. The van der Waals surface area contributed by atoms with Crippen LogP contribution >= 0.6 is 11.3 Å². The molecule has 4 heteroatoms. The smallest absolute Gasteiger partial charge is 0.166 e. The second kappa shape index (κ2) is 5.27. The molecule has 90 valence electrons. The molecule has 0 aliphatic carbocycles. The van der Waals surface area contributed by atoms with Crippen LogP contribution in [0.4, 0.5) is 0 Å². The van der Waals surface area contributed by atoms with Crippen LogP contribution in [0.5, 0.6) is 0 Å². The van der Waals surface area contributed by atoms with Gasteiger partial charge in [0.1, 0.15) is 0 Å². The summed E-state index contributed by atoms with van der Waals surface area (Å²) in [6.45, 7) is 7.48. The Labute approximate surface area is 101 Å². The van der Waals surface area contributed by atoms with Crippen molar-refractivity contribution >= 4 is 11.3 Å². The van der Waals surface area contributed by atoms with Crippen LogP contribution < -0.4 is 5.32 Å². The minimum absolute atomic E-state index is 0.364. The van der Waals surface area contributed by atoms with Crippen LogP contribution in [0.2, 0.25) is 0 Å². The van der Waals surface area contributed by atoms with Gasteiger partial charge < -0.3 is 14.8 Å². The molecule has 0 aromatic carbocycles. The summed E-state index contributed by atoms with van der Waals surface area (Å²) in [6, 6.07) is 2.16. The van der Waals surface area contributed by atoms with Crippen LogP contribution in [0, 0.1) is 6.92 Å². The summed E-state index contributed by atoms with van der Waals surface area (Å²) < 4.78 is 11.1. The first-order valence-corrected chi connectivity index (χ1v) is 6.59. The molecule has 1 saturated heterocycles. The molecule has 16 heavy (non-hydrogen) atoms. The van der Waals surface area contributed by atoms with Crippen LogP contribution in [-0.4, -0.2) is 25.5 Å². The zero-order chi connectivity index (χ0) is 11.4. The largest absolute Gasteiger partial charge is 0.348 e. The minimum atomic E-state index is -0.364. The molecule has 0 atom stereocenters. The second-order valence-corrected chi connectivity index (χ2v) is 5.28. The Bertz CT molecular complexity index is 332. The summed E-state index contributed by atoms with van der Waals surface area (Å²) in [5.41, 5.74) is 1.37. The quantitative estimate of drug-likeness (QED) is 0.802. The SMILES string of the molecule is Cc1ccsc1CNCCC1(C)OCCO1. The molecule has 0 amide bonds. The van der Waals surface area contributed by atoms with Crippen molar-refractivity contribution < 1.29 is 9.47 Å². The number of thiophene rings is 1. The standard InChI is InChI=1S/C12H19NO2S/c1-10-3-8-16-11(10)9-13-5-4-12(2)14-6-7-15-12/h3,8,13H,4-7,9H2,1-2H3. The molecule has 0 unspecified atom stereocenters. The van der Waals surface area contributed by atoms with Crippen LogP contribution in [0.15, 0.2) is 11.4 Å². The van der Waals surface area contributed by atoms with Crippen LogP contribution in [0.1, 0.15) is 23.8 Å². The summed E-state index contributed by atoms with van der Waals surface area (Å²) in [5.74, 6) is -0.364. The Kier molecular flexibility index (Phi) is 3.97. The highest BCUT2D eigenvalue weighted by molar-refractivity contribution is 7.10. The Morgan fingerprint density at radius 1 is 1.44 bits per heavy atom. The third-order valence-electron chi connectivity index (χ3n) is 2.91. The van der Waals surface area contributed by atoms with Gasteiger partial charge >= 0.3 is 0 Å². The Balaban J connectivity index is 1.67. The molecule has 1 N–H and O–H groups in total. The van der Waals surface area contributed by atoms with Gasteiger partial charge in [-0.2, -0.15) is 0 Å². The van der Waals surface area contributed by atoms with Gasteiger partial charge in [0.25, 0.3) is 0 Å². The second-order valence-electron chi connectivity index (χ2n) is 4.28. The third-order valence-corrected chi connectivity index (χ3v) is 3.93. The van der Waals surface area contributed by atoms with Gasteiger partial charge in [-0.25, -0.2) is 0 Å². The molecule has 1 aliphatic rings. The van der Waals surface area contributed by atoms with Gasteiger partial charge in [-0.15, -0.1) is 11.3 Å². The van der Waals surface area contributed by atoms with Gasteiger partial charge in [-0.05, 0) is 30.9 Å². The summed E-state index contributed by atoms with van der Waals surface area (Å²) in [5, 5.41) is 5.57. The van der Waals surface area contributed by atoms with Crippen LogP contribution in [0.3, 0.4) is 0 Å². The van der Waals surface area contributed by atoms with E-state index in [1.54, 1.807) is 11.3 Å². The molecule has 0 bridgehead atoms. The lowest BCUT2D eigenvalue weighted by Gasteiger charge is -2.22. The van der Waals surface area contributed by atoms with E-state index in [1.807, 2.05) is 6.92 Å². The van der Waals surface area contributed by atoms with Gasteiger partial charge in [0, 0.05) is 24.4 Å². The molecular formula is C12H19NO2S. The fraction of sp³-hybridized carbons (Fsp3) is 0.667. The van der Waals surface area contributed by atoms with Gasteiger partial charge in [0.15, 0.2) is 5.79 Å². The van der Waals surface area contributed by atoms with E-state index in [0.717, 1.165) is 32.7 Å². The Morgan fingerprint density at radius 2 is 2.19 bits per heavy atom. The maximum Gasteiger partial charge on any atom is 0.166 e. The maximum atomic E-state index is 5.54. The van der Waals surface area contributed by atoms with Crippen molar-refractivity contribution in [2.45, 2.75) is 32.6 Å². The number of hydrogen-bond acceptors (Lipinski definition) is 4. The summed E-state index contributed by atoms with van der Waals surface area (Å²) in [4.78, 5) is 1.42. The topological polar surface area (TPSA) is 30.5 Å². The number of rotatable bonds is 5. The third kappa shape index (κ3) is 3.04. The lowest BCUT2D eigenvalue weighted by Crippen LogP contribution is -2.30. The zero-order valence-electron chi connectivity index (χ0n) is 9.91. The fourth-order valence-corrected chi connectivity index (χ4v) is 2.68. The van der Waals surface area contributed by atoms with E-state index in [0.29, 0.717) is 0 Å². The number of nitrogens with one attached hydrogen (secondary N) is 1. The van der Waals surface area contributed by atoms with E-state index < -0.39 is 0 Å². The molecule has 2 heterocycles. The number of aryl methyl sites for hydroxylation is 1. The van der Waals surface area contributed by atoms with Crippen molar-refractivity contribution in [3.05, 3.63) is 21.9 Å². The van der Waals surface area contributed by atoms with Crippen molar-refractivity contribution in [1.82, 2.24) is 5.32 Å². The number of hydrogen-bond donors (Lipinski definition) is 1. The monoisotopic (exact) mass is 241 g/mol. The highest BCUT2D eigenvalue weighted by Gasteiger charge is 2.29. The number of ether oxygens (including phenoxy) is 2. The zero-order valence-corrected chi connectivity index (χ0v) is 10.7. The van der Waals surface area contributed by atoms with E-state index in [1.165, 1.54) is 10.4 Å². The highest BCUT2D eigenvalue weighted by Crippen LogP contribution is 2.22. The lowest BCUT2D eigenvalue weighted by molar-refractivity contribution is -0.145. The molecule has 2 rings (SSSR count). The average Bonchev–Trinajstić information content (AvgIpc) is 2.84. The highest BCUT2D eigenvalue weighted by atomic mass is 32.1. The molecule has 0 radical (unpaired) electrons. The molecular weight excluding hydrogens is 222 g/mol. The van der Waals surface area contributed by atoms with Crippen molar-refractivity contribution in [2.24, 2.45) is 0 Å². The molecule has 1 fully saturated rings. The van der Waals surface area contributed by atoms with Gasteiger partial charge in [0.2, 0.25) is 0 Å². The first-order valence-electron chi connectivity index (χ1n) is 5.71. The molecule has 0 saturated carbocycles. The van der Waals surface area contributed by atoms with E-state index in [2.05, 4.69) is 23.7 Å². The first-order chi connectivity index (χ1) is 7.70. The average molecular weight is 241 g/mol. The van der Waals surface area contributed by atoms with E-state index in [9.17, 15) is 0 Å². The molecule has 0 spiro atoms. The Morgan fingerprint density at radius 3 is 2.81 bits per heavy atom. The van der Waals surface area contributed by atoms with E-state index in [-0.39, 0.29) is 5.79 Å². The van der Waals surface area contributed by atoms with Gasteiger partial charge in [0.05, 0.1) is 13.2 Å². The van der Waals surface area contributed by atoms with Crippen molar-refractivity contribution in [1.29, 1.82) is 0 Å². The molecule has 1 aliphatic heterocycles. The van der Waals surface area contributed by atoms with E-state index in [4.69, 9.17) is 9.47 Å². The van der Waals surface area contributed by atoms with Crippen molar-refractivity contribution in [2.75, 3.05) is 19.8 Å².